The highest BCUT2D eigenvalue weighted by Gasteiger charge is 2.17. The maximum atomic E-state index is 12.9. The number of hydrogen-bond donors (Lipinski definition) is 0. The molecule has 0 aliphatic carbocycles. The fourth-order valence-corrected chi connectivity index (χ4v) is 7.97. The lowest BCUT2D eigenvalue weighted by molar-refractivity contribution is -0.162. The van der Waals surface area contributed by atoms with Crippen LogP contribution in [0.25, 0.3) is 0 Å². The molecule has 0 bridgehead atoms. The van der Waals surface area contributed by atoms with Gasteiger partial charge in [-0.15, -0.1) is 0 Å². The number of allylic oxidation sites excluding steroid dienone is 18. The van der Waals surface area contributed by atoms with Gasteiger partial charge in [0.05, 0.1) is 6.61 Å². The second-order valence-electron chi connectivity index (χ2n) is 19.1. The van der Waals surface area contributed by atoms with Gasteiger partial charge in [-0.2, -0.15) is 0 Å². The highest BCUT2D eigenvalue weighted by atomic mass is 16.6. The minimum absolute atomic E-state index is 0.0536. The van der Waals surface area contributed by atoms with Crippen molar-refractivity contribution in [2.75, 3.05) is 19.8 Å². The fourth-order valence-electron chi connectivity index (χ4n) is 7.97. The summed E-state index contributed by atoms with van der Waals surface area (Å²) in [7, 11) is 0. The number of carbonyl (C=O) groups is 2. The van der Waals surface area contributed by atoms with Crippen LogP contribution in [0.3, 0.4) is 0 Å². The Bertz CT molecular complexity index is 1380. The molecule has 0 spiro atoms. The van der Waals surface area contributed by atoms with Crippen molar-refractivity contribution in [3.05, 3.63) is 109 Å². The van der Waals surface area contributed by atoms with Crippen LogP contribution in [0, 0.1) is 0 Å². The Morgan fingerprint density at radius 3 is 1.09 bits per heavy atom. The number of unbranched alkanes of at least 4 members (excludes halogenated alkanes) is 24. The summed E-state index contributed by atoms with van der Waals surface area (Å²) in [6.07, 6.45) is 82.6. The molecule has 400 valence electrons. The van der Waals surface area contributed by atoms with Crippen LogP contribution in [-0.4, -0.2) is 37.9 Å². The third-order valence-electron chi connectivity index (χ3n) is 12.3. The quantitative estimate of drug-likeness (QED) is 0.0345. The summed E-state index contributed by atoms with van der Waals surface area (Å²) in [5, 5.41) is 0. The lowest BCUT2D eigenvalue weighted by Gasteiger charge is -2.18. The van der Waals surface area contributed by atoms with E-state index in [0.717, 1.165) is 96.3 Å². The molecule has 0 amide bonds. The standard InChI is InChI=1S/C65H110O5/c1-4-7-10-13-16-19-22-25-28-31-33-35-37-40-43-46-49-52-55-58-64(66)69-62-63(61-68-60-57-54-51-48-45-42-39-36-32-29-26-23-20-17-14-11-8-5-2)70-65(67)59-56-53-50-47-44-41-38-34-30-27-24-21-18-15-12-9-6-3/h8-9,11-12,17-18,20-21,25-30,38,41,47,50,63H,4-7,10,13-16,19,22-24,31-37,39-40,42-46,48-49,51-62H2,1-3H3/b11-8-,12-9-,20-17-,21-18-,28-25-,29-26-,30-27-,41-38-,50-47-. The summed E-state index contributed by atoms with van der Waals surface area (Å²) >= 11 is 0. The molecular formula is C65H110O5. The highest BCUT2D eigenvalue weighted by molar-refractivity contribution is 5.70. The van der Waals surface area contributed by atoms with Gasteiger partial charge in [0.1, 0.15) is 6.61 Å². The maximum Gasteiger partial charge on any atom is 0.306 e. The van der Waals surface area contributed by atoms with E-state index in [0.29, 0.717) is 19.4 Å². The Morgan fingerprint density at radius 2 is 0.657 bits per heavy atom. The lowest BCUT2D eigenvalue weighted by atomic mass is 10.1. The second-order valence-corrected chi connectivity index (χ2v) is 19.1. The van der Waals surface area contributed by atoms with Crippen molar-refractivity contribution in [3.8, 4) is 0 Å². The van der Waals surface area contributed by atoms with E-state index in [4.69, 9.17) is 14.2 Å². The van der Waals surface area contributed by atoms with Gasteiger partial charge in [-0.25, -0.2) is 0 Å². The highest BCUT2D eigenvalue weighted by Crippen LogP contribution is 2.14. The van der Waals surface area contributed by atoms with Gasteiger partial charge in [0.25, 0.3) is 0 Å². The van der Waals surface area contributed by atoms with Crippen LogP contribution in [0.4, 0.5) is 0 Å². The van der Waals surface area contributed by atoms with Crippen LogP contribution in [0.15, 0.2) is 109 Å². The van der Waals surface area contributed by atoms with E-state index in [1.54, 1.807) is 0 Å². The molecule has 0 aromatic carbocycles. The summed E-state index contributed by atoms with van der Waals surface area (Å²) in [4.78, 5) is 25.5. The average molecular weight is 972 g/mol. The van der Waals surface area contributed by atoms with Gasteiger partial charge in [0.15, 0.2) is 6.10 Å². The molecule has 5 heteroatoms. The van der Waals surface area contributed by atoms with E-state index in [1.165, 1.54) is 135 Å². The Labute approximate surface area is 434 Å². The van der Waals surface area contributed by atoms with Crippen molar-refractivity contribution >= 4 is 11.9 Å². The first-order chi connectivity index (χ1) is 34.6. The molecule has 0 saturated carbocycles. The Balaban J connectivity index is 4.38. The first-order valence-corrected chi connectivity index (χ1v) is 29.4. The van der Waals surface area contributed by atoms with E-state index in [9.17, 15) is 9.59 Å². The van der Waals surface area contributed by atoms with Crippen LogP contribution >= 0.6 is 0 Å². The third-order valence-corrected chi connectivity index (χ3v) is 12.3. The Morgan fingerprint density at radius 1 is 0.329 bits per heavy atom. The first kappa shape index (κ1) is 66.6. The van der Waals surface area contributed by atoms with E-state index in [1.807, 2.05) is 0 Å². The molecule has 0 saturated heterocycles. The van der Waals surface area contributed by atoms with Gasteiger partial charge in [-0.3, -0.25) is 9.59 Å². The number of ether oxygens (including phenoxy) is 3. The van der Waals surface area contributed by atoms with Crippen LogP contribution in [-0.2, 0) is 23.8 Å². The molecule has 0 N–H and O–H groups in total. The molecular weight excluding hydrogens is 861 g/mol. The minimum Gasteiger partial charge on any atom is -0.462 e. The predicted molar refractivity (Wildman–Crippen MR) is 306 cm³/mol. The average Bonchev–Trinajstić information content (AvgIpc) is 3.36. The third kappa shape index (κ3) is 57.1. The number of carbonyl (C=O) groups excluding carboxylic acids is 2. The van der Waals surface area contributed by atoms with E-state index in [2.05, 4.69) is 130 Å². The lowest BCUT2D eigenvalue weighted by Crippen LogP contribution is -2.30. The SMILES string of the molecule is CC/C=C\C/C=C\C/C=C\C/C=C\C/C=C\CCCC(=O)OC(COCCCCCCCCCC/C=C\C/C=C\C/C=C\CC)COC(=O)CCCCCCCCCCC/C=C\CCCCCCCC. The fraction of sp³-hybridized carbons (Fsp3) is 0.692. The molecule has 0 aliphatic rings. The van der Waals surface area contributed by atoms with Gasteiger partial charge in [0.2, 0.25) is 0 Å². The number of hydrogen-bond acceptors (Lipinski definition) is 5. The van der Waals surface area contributed by atoms with Crippen molar-refractivity contribution in [2.45, 2.75) is 271 Å². The molecule has 0 fully saturated rings. The summed E-state index contributed by atoms with van der Waals surface area (Å²) in [5.41, 5.74) is 0. The molecule has 70 heavy (non-hydrogen) atoms. The van der Waals surface area contributed by atoms with Gasteiger partial charge in [-0.1, -0.05) is 246 Å². The smallest absolute Gasteiger partial charge is 0.306 e. The molecule has 5 nitrogen and oxygen atoms in total. The first-order valence-electron chi connectivity index (χ1n) is 29.4. The molecule has 0 radical (unpaired) electrons. The van der Waals surface area contributed by atoms with Gasteiger partial charge in [-0.05, 0) is 116 Å². The zero-order chi connectivity index (χ0) is 50.6. The van der Waals surface area contributed by atoms with Crippen LogP contribution in [0.2, 0.25) is 0 Å². The van der Waals surface area contributed by atoms with Crippen molar-refractivity contribution < 1.29 is 23.8 Å². The van der Waals surface area contributed by atoms with Crippen molar-refractivity contribution in [2.24, 2.45) is 0 Å². The maximum absolute atomic E-state index is 12.9. The van der Waals surface area contributed by atoms with Crippen LogP contribution in [0.5, 0.6) is 0 Å². The number of rotatable bonds is 53. The molecule has 0 aromatic rings. The molecule has 0 aromatic heterocycles. The summed E-state index contributed by atoms with van der Waals surface area (Å²) < 4.78 is 17.4. The molecule has 0 aliphatic heterocycles. The molecule has 1 unspecified atom stereocenters. The molecule has 0 rings (SSSR count). The van der Waals surface area contributed by atoms with E-state index < -0.39 is 6.10 Å². The predicted octanol–water partition coefficient (Wildman–Crippen LogP) is 20.3. The van der Waals surface area contributed by atoms with Crippen LogP contribution < -0.4 is 0 Å². The van der Waals surface area contributed by atoms with Crippen molar-refractivity contribution in [3.63, 3.8) is 0 Å². The monoisotopic (exact) mass is 971 g/mol. The zero-order valence-electron chi connectivity index (χ0n) is 46.0. The molecule has 0 heterocycles. The summed E-state index contributed by atoms with van der Waals surface area (Å²) in [5.74, 6) is -0.470. The van der Waals surface area contributed by atoms with Gasteiger partial charge >= 0.3 is 11.9 Å². The summed E-state index contributed by atoms with van der Waals surface area (Å²) in [6.45, 7) is 7.54. The topological polar surface area (TPSA) is 61.8 Å². The van der Waals surface area contributed by atoms with Gasteiger partial charge in [0, 0.05) is 19.4 Å². The van der Waals surface area contributed by atoms with E-state index in [-0.39, 0.29) is 25.2 Å². The van der Waals surface area contributed by atoms with Gasteiger partial charge < -0.3 is 14.2 Å². The zero-order valence-corrected chi connectivity index (χ0v) is 46.0. The van der Waals surface area contributed by atoms with Crippen molar-refractivity contribution in [1.29, 1.82) is 0 Å². The Hall–Kier alpha value is -3.44. The number of esters is 2. The Kier molecular flexibility index (Phi) is 56.9. The largest absolute Gasteiger partial charge is 0.462 e. The normalized spacial score (nSPS) is 13.0. The molecule has 1 atom stereocenters. The second kappa shape index (κ2) is 59.9. The minimum atomic E-state index is -0.578. The van der Waals surface area contributed by atoms with E-state index >= 15 is 0 Å². The van der Waals surface area contributed by atoms with Crippen LogP contribution in [0.1, 0.15) is 265 Å². The van der Waals surface area contributed by atoms with Crippen molar-refractivity contribution in [1.82, 2.24) is 0 Å². The summed E-state index contributed by atoms with van der Waals surface area (Å²) in [6, 6.07) is 0.